The normalized spacial score (nSPS) is 13.8. The lowest BCUT2D eigenvalue weighted by Crippen LogP contribution is -2.33. The Hall–Kier alpha value is -1.02. The third kappa shape index (κ3) is 4.02. The second kappa shape index (κ2) is 5.75. The van der Waals surface area contributed by atoms with Gasteiger partial charge in [0.15, 0.2) is 0 Å². The summed E-state index contributed by atoms with van der Waals surface area (Å²) in [7, 11) is 0. The summed E-state index contributed by atoms with van der Waals surface area (Å²) >= 11 is 0. The first kappa shape index (κ1) is 15.0. The van der Waals surface area contributed by atoms with Crippen molar-refractivity contribution in [2.45, 2.75) is 53.0 Å². The van der Waals surface area contributed by atoms with Crippen LogP contribution >= 0.6 is 0 Å². The van der Waals surface area contributed by atoms with Gasteiger partial charge in [-0.3, -0.25) is 0 Å². The molecule has 0 aliphatic carbocycles. The third-order valence-electron chi connectivity index (χ3n) is 3.23. The Morgan fingerprint density at radius 3 is 2.33 bits per heavy atom. The van der Waals surface area contributed by atoms with E-state index in [2.05, 4.69) is 59.7 Å². The highest BCUT2D eigenvalue weighted by molar-refractivity contribution is 5.41. The van der Waals surface area contributed by atoms with Crippen LogP contribution in [0.1, 0.15) is 45.7 Å². The van der Waals surface area contributed by atoms with Crippen molar-refractivity contribution in [2.24, 2.45) is 11.7 Å². The van der Waals surface area contributed by atoms with Crippen LogP contribution in [0.4, 0.5) is 0 Å². The average Bonchev–Trinajstić information content (AvgIpc) is 2.23. The SMILES string of the molecule is Cc1ccc(C(C)(C)C)c(OCC(N)C(C)C)c1. The van der Waals surface area contributed by atoms with Crippen LogP contribution in [0.3, 0.4) is 0 Å². The predicted octanol–water partition coefficient (Wildman–Crippen LogP) is 3.65. The molecule has 1 atom stereocenters. The largest absolute Gasteiger partial charge is 0.492 e. The van der Waals surface area contributed by atoms with Crippen molar-refractivity contribution < 1.29 is 4.74 Å². The number of rotatable bonds is 4. The second-order valence-corrected chi connectivity index (χ2v) is 6.47. The zero-order valence-corrected chi connectivity index (χ0v) is 12.6. The van der Waals surface area contributed by atoms with Crippen LogP contribution in [0.25, 0.3) is 0 Å². The van der Waals surface area contributed by atoms with Crippen molar-refractivity contribution in [2.75, 3.05) is 6.61 Å². The van der Waals surface area contributed by atoms with Gasteiger partial charge in [0, 0.05) is 6.04 Å². The van der Waals surface area contributed by atoms with Gasteiger partial charge in [-0.05, 0) is 35.4 Å². The molecule has 0 saturated carbocycles. The van der Waals surface area contributed by atoms with Gasteiger partial charge < -0.3 is 10.5 Å². The number of hydrogen-bond acceptors (Lipinski definition) is 2. The minimum Gasteiger partial charge on any atom is -0.492 e. The fourth-order valence-corrected chi connectivity index (χ4v) is 1.75. The van der Waals surface area contributed by atoms with E-state index in [0.29, 0.717) is 12.5 Å². The lowest BCUT2D eigenvalue weighted by Gasteiger charge is -2.25. The first-order valence-corrected chi connectivity index (χ1v) is 6.71. The topological polar surface area (TPSA) is 35.2 Å². The molecular formula is C16H27NO. The summed E-state index contributed by atoms with van der Waals surface area (Å²) in [5.41, 5.74) is 8.58. The molecule has 18 heavy (non-hydrogen) atoms. The molecule has 0 radical (unpaired) electrons. The maximum Gasteiger partial charge on any atom is 0.123 e. The lowest BCUT2D eigenvalue weighted by atomic mass is 9.86. The van der Waals surface area contributed by atoms with Gasteiger partial charge in [-0.15, -0.1) is 0 Å². The molecule has 102 valence electrons. The van der Waals surface area contributed by atoms with E-state index in [1.165, 1.54) is 11.1 Å². The first-order chi connectivity index (χ1) is 8.21. The average molecular weight is 249 g/mol. The van der Waals surface area contributed by atoms with Gasteiger partial charge in [0.1, 0.15) is 12.4 Å². The third-order valence-corrected chi connectivity index (χ3v) is 3.23. The van der Waals surface area contributed by atoms with Gasteiger partial charge in [0.2, 0.25) is 0 Å². The van der Waals surface area contributed by atoms with Gasteiger partial charge in [-0.2, -0.15) is 0 Å². The maximum atomic E-state index is 6.04. The molecule has 0 aliphatic heterocycles. The van der Waals surface area contributed by atoms with Gasteiger partial charge in [0.25, 0.3) is 0 Å². The Bertz CT molecular complexity index is 391. The Morgan fingerprint density at radius 2 is 1.83 bits per heavy atom. The first-order valence-electron chi connectivity index (χ1n) is 6.71. The molecule has 2 heteroatoms. The molecule has 2 N–H and O–H groups in total. The molecule has 0 bridgehead atoms. The van der Waals surface area contributed by atoms with Crippen LogP contribution < -0.4 is 10.5 Å². The molecule has 2 nitrogen and oxygen atoms in total. The van der Waals surface area contributed by atoms with Crippen molar-refractivity contribution in [3.8, 4) is 5.75 Å². The minimum atomic E-state index is 0.0818. The predicted molar refractivity (Wildman–Crippen MR) is 78.2 cm³/mol. The molecule has 1 aromatic rings. The smallest absolute Gasteiger partial charge is 0.123 e. The molecule has 1 rings (SSSR count). The number of ether oxygens (including phenoxy) is 1. The number of aryl methyl sites for hydroxylation is 1. The number of hydrogen-bond donors (Lipinski definition) is 1. The molecule has 0 fully saturated rings. The number of benzene rings is 1. The maximum absolute atomic E-state index is 6.04. The summed E-state index contributed by atoms with van der Waals surface area (Å²) in [6.07, 6.45) is 0. The summed E-state index contributed by atoms with van der Waals surface area (Å²) in [5.74, 6) is 1.41. The summed E-state index contributed by atoms with van der Waals surface area (Å²) in [6, 6.07) is 6.48. The van der Waals surface area contributed by atoms with Crippen molar-refractivity contribution in [1.82, 2.24) is 0 Å². The summed E-state index contributed by atoms with van der Waals surface area (Å²) < 4.78 is 5.94. The van der Waals surface area contributed by atoms with Crippen molar-refractivity contribution >= 4 is 0 Å². The molecule has 0 aromatic heterocycles. The van der Waals surface area contributed by atoms with E-state index in [0.717, 1.165) is 5.75 Å². The van der Waals surface area contributed by atoms with Crippen LogP contribution in [0.5, 0.6) is 5.75 Å². The van der Waals surface area contributed by atoms with Gasteiger partial charge in [0.05, 0.1) is 0 Å². The lowest BCUT2D eigenvalue weighted by molar-refractivity contribution is 0.254. The van der Waals surface area contributed by atoms with E-state index in [-0.39, 0.29) is 11.5 Å². The Morgan fingerprint density at radius 1 is 1.22 bits per heavy atom. The van der Waals surface area contributed by atoms with E-state index in [9.17, 15) is 0 Å². The number of nitrogens with two attached hydrogens (primary N) is 1. The molecule has 0 saturated heterocycles. The Labute approximate surface area is 112 Å². The van der Waals surface area contributed by atoms with E-state index in [4.69, 9.17) is 10.5 Å². The van der Waals surface area contributed by atoms with Crippen LogP contribution in [0, 0.1) is 12.8 Å². The van der Waals surface area contributed by atoms with E-state index in [1.807, 2.05) is 0 Å². The Kier molecular flexibility index (Phi) is 4.80. The monoisotopic (exact) mass is 249 g/mol. The van der Waals surface area contributed by atoms with Crippen molar-refractivity contribution in [1.29, 1.82) is 0 Å². The van der Waals surface area contributed by atoms with Crippen LogP contribution in [0.15, 0.2) is 18.2 Å². The molecule has 0 spiro atoms. The van der Waals surface area contributed by atoms with Gasteiger partial charge in [-0.1, -0.05) is 46.8 Å². The van der Waals surface area contributed by atoms with Gasteiger partial charge >= 0.3 is 0 Å². The summed E-state index contributed by atoms with van der Waals surface area (Å²) in [5, 5.41) is 0. The molecule has 1 unspecified atom stereocenters. The highest BCUT2D eigenvalue weighted by atomic mass is 16.5. The second-order valence-electron chi connectivity index (χ2n) is 6.47. The minimum absolute atomic E-state index is 0.0818. The highest BCUT2D eigenvalue weighted by Crippen LogP contribution is 2.32. The Balaban J connectivity index is 2.90. The molecule has 0 heterocycles. The van der Waals surface area contributed by atoms with Crippen LogP contribution in [-0.4, -0.2) is 12.6 Å². The quantitative estimate of drug-likeness (QED) is 0.884. The standard InChI is InChI=1S/C16H27NO/c1-11(2)14(17)10-18-15-9-12(3)7-8-13(15)16(4,5)6/h7-9,11,14H,10,17H2,1-6H3. The molecule has 1 aromatic carbocycles. The zero-order chi connectivity index (χ0) is 13.9. The van der Waals surface area contributed by atoms with E-state index in [1.54, 1.807) is 0 Å². The van der Waals surface area contributed by atoms with Crippen molar-refractivity contribution in [3.63, 3.8) is 0 Å². The fraction of sp³-hybridized carbons (Fsp3) is 0.625. The highest BCUT2D eigenvalue weighted by Gasteiger charge is 2.19. The molecule has 0 amide bonds. The zero-order valence-electron chi connectivity index (χ0n) is 12.6. The van der Waals surface area contributed by atoms with Gasteiger partial charge in [-0.25, -0.2) is 0 Å². The molecule has 0 aliphatic rings. The van der Waals surface area contributed by atoms with E-state index >= 15 is 0 Å². The molecular weight excluding hydrogens is 222 g/mol. The summed E-state index contributed by atoms with van der Waals surface area (Å²) in [6.45, 7) is 13.5. The van der Waals surface area contributed by atoms with Crippen molar-refractivity contribution in [3.05, 3.63) is 29.3 Å². The van der Waals surface area contributed by atoms with E-state index < -0.39 is 0 Å². The van der Waals surface area contributed by atoms with Crippen LogP contribution in [0.2, 0.25) is 0 Å². The fourth-order valence-electron chi connectivity index (χ4n) is 1.75. The van der Waals surface area contributed by atoms with Crippen LogP contribution in [-0.2, 0) is 5.41 Å². The summed E-state index contributed by atoms with van der Waals surface area (Å²) in [4.78, 5) is 0.